The smallest absolute Gasteiger partial charge is 0.115 e. The molecule has 0 bridgehead atoms. The summed E-state index contributed by atoms with van der Waals surface area (Å²) in [7, 11) is 0. The van der Waals surface area contributed by atoms with Crippen LogP contribution in [0.2, 0.25) is 0 Å². The number of hydrogen-bond acceptors (Lipinski definition) is 3. The fourth-order valence-electron chi connectivity index (χ4n) is 1.71. The lowest BCUT2D eigenvalue weighted by Gasteiger charge is -2.30. The molecule has 0 atom stereocenters. The second kappa shape index (κ2) is 3.42. The molecule has 3 nitrogen and oxygen atoms in total. The van der Waals surface area contributed by atoms with Gasteiger partial charge in [0.05, 0.1) is 5.69 Å². The Hall–Kier alpha value is -0.960. The Bertz CT molecular complexity index is 296. The zero-order valence-electron chi connectivity index (χ0n) is 8.20. The molecule has 0 saturated heterocycles. The second-order valence-electron chi connectivity index (χ2n) is 3.81. The van der Waals surface area contributed by atoms with Gasteiger partial charge in [0.25, 0.3) is 0 Å². The van der Waals surface area contributed by atoms with Crippen LogP contribution in [0.5, 0.6) is 0 Å². The average molecular weight is 177 g/mol. The van der Waals surface area contributed by atoms with E-state index < -0.39 is 0 Å². The van der Waals surface area contributed by atoms with Gasteiger partial charge in [-0.1, -0.05) is 0 Å². The van der Waals surface area contributed by atoms with Crippen LogP contribution < -0.4 is 0 Å². The Morgan fingerprint density at radius 3 is 3.08 bits per heavy atom. The van der Waals surface area contributed by atoms with Crippen molar-refractivity contribution in [3.63, 3.8) is 0 Å². The molecule has 0 amide bonds. The van der Waals surface area contributed by atoms with Gasteiger partial charge >= 0.3 is 0 Å². The van der Waals surface area contributed by atoms with Crippen LogP contribution in [0, 0.1) is 0 Å². The third-order valence-corrected chi connectivity index (χ3v) is 2.63. The number of aromatic nitrogens is 2. The maximum absolute atomic E-state index is 4.30. The Balaban J connectivity index is 2.20. The second-order valence-corrected chi connectivity index (χ2v) is 3.81. The molecule has 1 aliphatic heterocycles. The van der Waals surface area contributed by atoms with Crippen LogP contribution >= 0.6 is 0 Å². The fourth-order valence-corrected chi connectivity index (χ4v) is 1.71. The summed E-state index contributed by atoms with van der Waals surface area (Å²) in [5, 5.41) is 0. The van der Waals surface area contributed by atoms with Gasteiger partial charge in [0.1, 0.15) is 6.33 Å². The molecule has 0 N–H and O–H groups in total. The highest BCUT2D eigenvalue weighted by Crippen LogP contribution is 2.16. The average Bonchev–Trinajstić information content (AvgIpc) is 2.17. The predicted octanol–water partition coefficient (Wildman–Crippen LogP) is 1.24. The van der Waals surface area contributed by atoms with Crippen molar-refractivity contribution in [3.05, 3.63) is 23.8 Å². The molecule has 0 spiro atoms. The summed E-state index contributed by atoms with van der Waals surface area (Å²) < 4.78 is 0. The largest absolute Gasteiger partial charge is 0.295 e. The first-order chi connectivity index (χ1) is 6.27. The highest BCUT2D eigenvalue weighted by Gasteiger charge is 2.18. The zero-order valence-corrected chi connectivity index (χ0v) is 8.20. The predicted molar refractivity (Wildman–Crippen MR) is 51.3 cm³/mol. The molecule has 2 rings (SSSR count). The molecule has 0 unspecified atom stereocenters. The Kier molecular flexibility index (Phi) is 2.27. The van der Waals surface area contributed by atoms with E-state index in [2.05, 4.69) is 28.7 Å². The van der Waals surface area contributed by atoms with Crippen LogP contribution in [0.25, 0.3) is 0 Å². The van der Waals surface area contributed by atoms with Gasteiger partial charge in [-0.25, -0.2) is 9.97 Å². The summed E-state index contributed by atoms with van der Waals surface area (Å²) in [6.07, 6.45) is 4.68. The lowest BCUT2D eigenvalue weighted by atomic mass is 10.1. The van der Waals surface area contributed by atoms with E-state index in [9.17, 15) is 0 Å². The van der Waals surface area contributed by atoms with Crippen LogP contribution in [0.3, 0.4) is 0 Å². The Morgan fingerprint density at radius 2 is 2.31 bits per heavy atom. The van der Waals surface area contributed by atoms with Gasteiger partial charge in [0.2, 0.25) is 0 Å². The van der Waals surface area contributed by atoms with Crippen LogP contribution in [0.15, 0.2) is 12.5 Å². The van der Waals surface area contributed by atoms with Gasteiger partial charge in [0, 0.05) is 25.3 Å². The van der Waals surface area contributed by atoms with Crippen LogP contribution in [-0.4, -0.2) is 27.5 Å². The first-order valence-electron chi connectivity index (χ1n) is 4.79. The van der Waals surface area contributed by atoms with E-state index in [1.807, 2.05) is 6.20 Å². The molecule has 0 saturated carbocycles. The lowest BCUT2D eigenvalue weighted by Crippen LogP contribution is -2.36. The van der Waals surface area contributed by atoms with E-state index in [-0.39, 0.29) is 0 Å². The van der Waals surface area contributed by atoms with Crippen LogP contribution in [-0.2, 0) is 13.0 Å². The van der Waals surface area contributed by atoms with Crippen molar-refractivity contribution in [2.24, 2.45) is 0 Å². The summed E-state index contributed by atoms with van der Waals surface area (Å²) in [6.45, 7) is 6.58. The summed E-state index contributed by atoms with van der Waals surface area (Å²) in [5.41, 5.74) is 2.52. The monoisotopic (exact) mass is 177 g/mol. The van der Waals surface area contributed by atoms with E-state index in [1.54, 1.807) is 6.33 Å². The molecule has 0 fully saturated rings. The first kappa shape index (κ1) is 8.63. The van der Waals surface area contributed by atoms with Crippen LogP contribution in [0.1, 0.15) is 25.1 Å². The van der Waals surface area contributed by atoms with Crippen molar-refractivity contribution in [3.8, 4) is 0 Å². The number of nitrogens with zero attached hydrogens (tertiary/aromatic N) is 3. The quantitative estimate of drug-likeness (QED) is 0.646. The van der Waals surface area contributed by atoms with Gasteiger partial charge in [-0.05, 0) is 25.8 Å². The van der Waals surface area contributed by atoms with Crippen molar-refractivity contribution < 1.29 is 0 Å². The van der Waals surface area contributed by atoms with E-state index in [0.29, 0.717) is 6.04 Å². The van der Waals surface area contributed by atoms with Gasteiger partial charge < -0.3 is 0 Å². The molecule has 1 aliphatic rings. The summed E-state index contributed by atoms with van der Waals surface area (Å²) in [5.74, 6) is 0. The van der Waals surface area contributed by atoms with Gasteiger partial charge in [0.15, 0.2) is 0 Å². The van der Waals surface area contributed by atoms with Crippen molar-refractivity contribution in [1.29, 1.82) is 0 Å². The highest BCUT2D eigenvalue weighted by molar-refractivity contribution is 5.18. The number of rotatable bonds is 1. The normalized spacial score (nSPS) is 17.5. The standard InChI is InChI=1S/C10H15N3/c1-8(2)13-4-3-9-5-11-7-12-10(9)6-13/h5,7-8H,3-4,6H2,1-2H3. The molecule has 70 valence electrons. The minimum Gasteiger partial charge on any atom is -0.295 e. The zero-order chi connectivity index (χ0) is 9.26. The highest BCUT2D eigenvalue weighted by atomic mass is 15.2. The molecule has 2 heterocycles. The summed E-state index contributed by atoms with van der Waals surface area (Å²) >= 11 is 0. The number of hydrogen-bond donors (Lipinski definition) is 0. The van der Waals surface area contributed by atoms with Gasteiger partial charge in [-0.2, -0.15) is 0 Å². The van der Waals surface area contributed by atoms with Crippen molar-refractivity contribution in [2.75, 3.05) is 6.54 Å². The fraction of sp³-hybridized carbons (Fsp3) is 0.600. The molecular weight excluding hydrogens is 162 g/mol. The third kappa shape index (κ3) is 1.70. The maximum atomic E-state index is 4.30. The molecule has 0 radical (unpaired) electrons. The van der Waals surface area contributed by atoms with Gasteiger partial charge in [-0.3, -0.25) is 4.90 Å². The Morgan fingerprint density at radius 1 is 1.46 bits per heavy atom. The summed E-state index contributed by atoms with van der Waals surface area (Å²) in [6, 6.07) is 0.614. The first-order valence-corrected chi connectivity index (χ1v) is 4.79. The molecule has 1 aromatic heterocycles. The number of fused-ring (bicyclic) bond motifs is 1. The van der Waals surface area contributed by atoms with Crippen molar-refractivity contribution in [1.82, 2.24) is 14.9 Å². The molecule has 3 heteroatoms. The van der Waals surface area contributed by atoms with E-state index in [4.69, 9.17) is 0 Å². The van der Waals surface area contributed by atoms with E-state index in [0.717, 1.165) is 19.5 Å². The maximum Gasteiger partial charge on any atom is 0.115 e. The molecule has 0 aromatic carbocycles. The van der Waals surface area contributed by atoms with E-state index in [1.165, 1.54) is 11.3 Å². The summed E-state index contributed by atoms with van der Waals surface area (Å²) in [4.78, 5) is 10.8. The van der Waals surface area contributed by atoms with Gasteiger partial charge in [-0.15, -0.1) is 0 Å². The van der Waals surface area contributed by atoms with E-state index >= 15 is 0 Å². The van der Waals surface area contributed by atoms with Crippen LogP contribution in [0.4, 0.5) is 0 Å². The molecule has 1 aromatic rings. The minimum absolute atomic E-state index is 0.614. The topological polar surface area (TPSA) is 29.0 Å². The van der Waals surface area contributed by atoms with Crippen molar-refractivity contribution >= 4 is 0 Å². The molecule has 0 aliphatic carbocycles. The molecular formula is C10H15N3. The SMILES string of the molecule is CC(C)N1CCc2cncnc2C1. The minimum atomic E-state index is 0.614. The molecule has 13 heavy (non-hydrogen) atoms. The third-order valence-electron chi connectivity index (χ3n) is 2.63. The Labute approximate surface area is 78.8 Å². The van der Waals surface area contributed by atoms with Crippen molar-refractivity contribution in [2.45, 2.75) is 32.9 Å². The lowest BCUT2D eigenvalue weighted by molar-refractivity contribution is 0.200.